The second-order valence-corrected chi connectivity index (χ2v) is 5.75. The molecule has 1 aromatic rings. The van der Waals surface area contributed by atoms with Gasteiger partial charge in [0.1, 0.15) is 0 Å². The second-order valence-electron chi connectivity index (χ2n) is 4.72. The number of benzene rings is 1. The average molecular weight is 266 g/mol. The van der Waals surface area contributed by atoms with Crippen LogP contribution in [0.25, 0.3) is 0 Å². The van der Waals surface area contributed by atoms with Crippen molar-refractivity contribution in [3.63, 3.8) is 0 Å². The largest absolute Gasteiger partial charge is 0.368 e. The van der Waals surface area contributed by atoms with Crippen LogP contribution in [0.4, 0.5) is 0 Å². The molecule has 0 aliphatic rings. The number of hydrogen-bond acceptors (Lipinski definition) is 3. The summed E-state index contributed by atoms with van der Waals surface area (Å²) in [6.07, 6.45) is 0. The van der Waals surface area contributed by atoms with Crippen molar-refractivity contribution in [3.05, 3.63) is 35.4 Å². The molecule has 0 saturated carbocycles. The third kappa shape index (κ3) is 5.10. The molecular formula is C14H22N2OS. The summed E-state index contributed by atoms with van der Waals surface area (Å²) < 4.78 is 0. The molecule has 0 radical (unpaired) electrons. The van der Waals surface area contributed by atoms with Crippen LogP contribution in [-0.2, 0) is 10.5 Å². The Morgan fingerprint density at radius 3 is 2.61 bits per heavy atom. The highest BCUT2D eigenvalue weighted by atomic mass is 32.2. The number of hydrogen-bond donors (Lipinski definition) is 2. The smallest absolute Gasteiger partial charge is 0.235 e. The third-order valence-corrected chi connectivity index (χ3v) is 3.77. The normalized spacial score (nSPS) is 12.7. The molecule has 0 heterocycles. The van der Waals surface area contributed by atoms with Gasteiger partial charge in [0.05, 0.1) is 6.04 Å². The first-order valence-corrected chi connectivity index (χ1v) is 7.33. The Balaban J connectivity index is 2.44. The molecule has 0 bridgehead atoms. The van der Waals surface area contributed by atoms with E-state index in [4.69, 9.17) is 5.73 Å². The number of amides is 1. The van der Waals surface area contributed by atoms with E-state index in [1.54, 1.807) is 11.8 Å². The Morgan fingerprint density at radius 2 is 2.06 bits per heavy atom. The lowest BCUT2D eigenvalue weighted by atomic mass is 10.1. The molecule has 0 saturated heterocycles. The first-order valence-electron chi connectivity index (χ1n) is 6.18. The van der Waals surface area contributed by atoms with Crippen molar-refractivity contribution in [2.24, 2.45) is 5.73 Å². The van der Waals surface area contributed by atoms with E-state index in [2.05, 4.69) is 24.4 Å². The van der Waals surface area contributed by atoms with Crippen LogP contribution in [0.1, 0.15) is 25.0 Å². The SMILES string of the molecule is Cc1ccccc1CSCC(NC(C)C)C(N)=O. The van der Waals surface area contributed by atoms with Gasteiger partial charge in [-0.1, -0.05) is 38.1 Å². The van der Waals surface area contributed by atoms with E-state index in [9.17, 15) is 4.79 Å². The van der Waals surface area contributed by atoms with Crippen LogP contribution in [0, 0.1) is 6.92 Å². The van der Waals surface area contributed by atoms with Gasteiger partial charge >= 0.3 is 0 Å². The lowest BCUT2D eigenvalue weighted by Crippen LogP contribution is -2.46. The number of aryl methyl sites for hydroxylation is 1. The molecule has 0 aromatic heterocycles. The summed E-state index contributed by atoms with van der Waals surface area (Å²) in [5.41, 5.74) is 7.98. The van der Waals surface area contributed by atoms with Gasteiger partial charge in [0, 0.05) is 17.5 Å². The number of thioether (sulfide) groups is 1. The summed E-state index contributed by atoms with van der Waals surface area (Å²) in [4.78, 5) is 11.3. The van der Waals surface area contributed by atoms with Crippen LogP contribution in [0.15, 0.2) is 24.3 Å². The Hall–Kier alpha value is -1.00. The molecule has 0 spiro atoms. The van der Waals surface area contributed by atoms with E-state index < -0.39 is 0 Å². The van der Waals surface area contributed by atoms with Gasteiger partial charge < -0.3 is 11.1 Å². The van der Waals surface area contributed by atoms with Crippen molar-refractivity contribution in [3.8, 4) is 0 Å². The molecule has 0 fully saturated rings. The van der Waals surface area contributed by atoms with Gasteiger partial charge in [-0.2, -0.15) is 11.8 Å². The number of rotatable bonds is 7. The monoisotopic (exact) mass is 266 g/mol. The Kier molecular flexibility index (Phi) is 6.22. The van der Waals surface area contributed by atoms with E-state index >= 15 is 0 Å². The minimum atomic E-state index is -0.277. The number of primary amides is 1. The van der Waals surface area contributed by atoms with E-state index in [0.29, 0.717) is 5.75 Å². The van der Waals surface area contributed by atoms with Crippen LogP contribution in [0.2, 0.25) is 0 Å². The zero-order valence-corrected chi connectivity index (χ0v) is 12.1. The average Bonchev–Trinajstić information content (AvgIpc) is 2.29. The minimum absolute atomic E-state index is 0.251. The predicted octanol–water partition coefficient (Wildman–Crippen LogP) is 2.08. The number of carbonyl (C=O) groups excluding carboxylic acids is 1. The Morgan fingerprint density at radius 1 is 1.39 bits per heavy atom. The van der Waals surface area contributed by atoms with E-state index in [0.717, 1.165) is 5.75 Å². The summed E-state index contributed by atoms with van der Waals surface area (Å²) in [5, 5.41) is 3.18. The molecule has 1 rings (SSSR count). The molecule has 3 nitrogen and oxygen atoms in total. The highest BCUT2D eigenvalue weighted by molar-refractivity contribution is 7.98. The minimum Gasteiger partial charge on any atom is -0.368 e. The number of carbonyl (C=O) groups is 1. The van der Waals surface area contributed by atoms with Crippen molar-refractivity contribution in [2.45, 2.75) is 38.6 Å². The molecular weight excluding hydrogens is 244 g/mol. The molecule has 1 unspecified atom stereocenters. The molecule has 18 heavy (non-hydrogen) atoms. The van der Waals surface area contributed by atoms with Gasteiger partial charge in [-0.25, -0.2) is 0 Å². The summed E-state index contributed by atoms with van der Waals surface area (Å²) in [5.74, 6) is 1.35. The molecule has 4 heteroatoms. The van der Waals surface area contributed by atoms with Gasteiger partial charge in [0.15, 0.2) is 0 Å². The van der Waals surface area contributed by atoms with Crippen molar-refractivity contribution in [1.29, 1.82) is 0 Å². The van der Waals surface area contributed by atoms with Crippen molar-refractivity contribution >= 4 is 17.7 Å². The molecule has 1 aromatic carbocycles. The number of nitrogens with two attached hydrogens (primary N) is 1. The maximum atomic E-state index is 11.3. The highest BCUT2D eigenvalue weighted by Gasteiger charge is 2.15. The van der Waals surface area contributed by atoms with Crippen LogP contribution >= 0.6 is 11.8 Å². The molecule has 3 N–H and O–H groups in total. The molecule has 1 amide bonds. The van der Waals surface area contributed by atoms with Gasteiger partial charge in [-0.3, -0.25) is 4.79 Å². The molecule has 0 aliphatic carbocycles. The van der Waals surface area contributed by atoms with E-state index in [1.807, 2.05) is 26.0 Å². The van der Waals surface area contributed by atoms with Crippen LogP contribution < -0.4 is 11.1 Å². The van der Waals surface area contributed by atoms with Crippen molar-refractivity contribution in [1.82, 2.24) is 5.32 Å². The maximum absolute atomic E-state index is 11.3. The third-order valence-electron chi connectivity index (χ3n) is 2.68. The summed E-state index contributed by atoms with van der Waals surface area (Å²) in [7, 11) is 0. The maximum Gasteiger partial charge on any atom is 0.235 e. The van der Waals surface area contributed by atoms with Crippen molar-refractivity contribution in [2.75, 3.05) is 5.75 Å². The fraction of sp³-hybridized carbons (Fsp3) is 0.500. The first-order chi connectivity index (χ1) is 8.50. The molecule has 1 atom stereocenters. The quantitative estimate of drug-likeness (QED) is 0.794. The van der Waals surface area contributed by atoms with Crippen LogP contribution in [0.3, 0.4) is 0 Å². The van der Waals surface area contributed by atoms with Crippen LogP contribution in [0.5, 0.6) is 0 Å². The van der Waals surface area contributed by atoms with Gasteiger partial charge in [0.2, 0.25) is 5.91 Å². The zero-order chi connectivity index (χ0) is 13.5. The number of nitrogens with one attached hydrogen (secondary N) is 1. The van der Waals surface area contributed by atoms with Crippen molar-refractivity contribution < 1.29 is 4.79 Å². The first kappa shape index (κ1) is 15.1. The van der Waals surface area contributed by atoms with Crippen LogP contribution in [-0.4, -0.2) is 23.7 Å². The Bertz CT molecular complexity index is 393. The second kappa shape index (κ2) is 7.44. The van der Waals surface area contributed by atoms with E-state index in [1.165, 1.54) is 11.1 Å². The van der Waals surface area contributed by atoms with Gasteiger partial charge in [-0.05, 0) is 18.1 Å². The molecule has 100 valence electrons. The lowest BCUT2D eigenvalue weighted by molar-refractivity contribution is -0.119. The fourth-order valence-electron chi connectivity index (χ4n) is 1.67. The summed E-state index contributed by atoms with van der Waals surface area (Å²) in [6, 6.07) is 8.32. The summed E-state index contributed by atoms with van der Waals surface area (Å²) >= 11 is 1.74. The topological polar surface area (TPSA) is 55.1 Å². The molecule has 0 aliphatic heterocycles. The predicted molar refractivity (Wildman–Crippen MR) is 78.6 cm³/mol. The fourth-order valence-corrected chi connectivity index (χ4v) is 2.83. The Labute approximate surface area is 114 Å². The zero-order valence-electron chi connectivity index (χ0n) is 11.3. The van der Waals surface area contributed by atoms with E-state index in [-0.39, 0.29) is 18.0 Å². The van der Waals surface area contributed by atoms with Gasteiger partial charge in [-0.15, -0.1) is 0 Å². The lowest BCUT2D eigenvalue weighted by Gasteiger charge is -2.18. The standard InChI is InChI=1S/C14H22N2OS/c1-10(2)16-13(14(15)17)9-18-8-12-7-5-4-6-11(12)3/h4-7,10,13,16H,8-9H2,1-3H3,(H2,15,17). The highest BCUT2D eigenvalue weighted by Crippen LogP contribution is 2.16. The van der Waals surface area contributed by atoms with Gasteiger partial charge in [0.25, 0.3) is 0 Å². The summed E-state index contributed by atoms with van der Waals surface area (Å²) in [6.45, 7) is 6.14.